The maximum absolute atomic E-state index is 11.7. The summed E-state index contributed by atoms with van der Waals surface area (Å²) < 4.78 is 0. The molecule has 0 aliphatic carbocycles. The molecule has 0 aliphatic rings. The average Bonchev–Trinajstić information content (AvgIpc) is 2.33. The normalized spacial score (nSPS) is 11.8. The van der Waals surface area contributed by atoms with Gasteiger partial charge in [0.1, 0.15) is 23.5 Å². The van der Waals surface area contributed by atoms with Gasteiger partial charge in [0, 0.05) is 19.2 Å². The predicted octanol–water partition coefficient (Wildman–Crippen LogP) is 1.07. The molecule has 6 nitrogen and oxygen atoms in total. The molecule has 1 heterocycles. The summed E-state index contributed by atoms with van der Waals surface area (Å²) in [5.41, 5.74) is 0.902. The fourth-order valence-corrected chi connectivity index (χ4v) is 1.61. The summed E-state index contributed by atoms with van der Waals surface area (Å²) >= 11 is 0. The molecule has 6 heteroatoms. The molecule has 1 rings (SSSR count). The highest BCUT2D eigenvalue weighted by Gasteiger charge is 2.15. The minimum absolute atomic E-state index is 0.0424. The predicted molar refractivity (Wildman–Crippen MR) is 72.8 cm³/mol. The summed E-state index contributed by atoms with van der Waals surface area (Å²) in [6.45, 7) is 8.05. The minimum Gasteiger partial charge on any atom is -0.373 e. The Hall–Kier alpha value is -1.85. The molecule has 1 atom stereocenters. The van der Waals surface area contributed by atoms with Crippen LogP contribution in [-0.4, -0.2) is 35.5 Å². The number of carbonyl (C=O) groups excluding carboxylic acids is 1. The van der Waals surface area contributed by atoms with Crippen molar-refractivity contribution in [2.24, 2.45) is 0 Å². The summed E-state index contributed by atoms with van der Waals surface area (Å²) in [5.74, 6) is 2.08. The molecule has 0 saturated heterocycles. The number of rotatable bonds is 5. The van der Waals surface area contributed by atoms with Crippen LogP contribution in [0.5, 0.6) is 0 Å². The van der Waals surface area contributed by atoms with E-state index in [0.29, 0.717) is 18.2 Å². The molecule has 0 spiro atoms. The van der Waals surface area contributed by atoms with Crippen LogP contribution in [0.2, 0.25) is 0 Å². The third-order valence-corrected chi connectivity index (χ3v) is 2.59. The molecule has 3 N–H and O–H groups in total. The molecular formula is C12H21N5O. The first-order valence-electron chi connectivity index (χ1n) is 6.06. The Kier molecular flexibility index (Phi) is 4.88. The van der Waals surface area contributed by atoms with E-state index in [0.717, 1.165) is 11.4 Å². The van der Waals surface area contributed by atoms with Crippen molar-refractivity contribution in [3.63, 3.8) is 0 Å². The topological polar surface area (TPSA) is 78.9 Å². The van der Waals surface area contributed by atoms with Crippen molar-refractivity contribution in [1.29, 1.82) is 0 Å². The zero-order valence-electron chi connectivity index (χ0n) is 11.6. The van der Waals surface area contributed by atoms with Gasteiger partial charge in [-0.25, -0.2) is 9.97 Å². The third kappa shape index (κ3) is 3.32. The molecule has 0 radical (unpaired) electrons. The number of hydrogen-bond donors (Lipinski definition) is 3. The quantitative estimate of drug-likeness (QED) is 0.729. The number of aryl methyl sites for hydroxylation is 1. The first kappa shape index (κ1) is 14.2. The van der Waals surface area contributed by atoms with E-state index in [-0.39, 0.29) is 11.9 Å². The van der Waals surface area contributed by atoms with Crippen LogP contribution in [0.25, 0.3) is 0 Å². The van der Waals surface area contributed by atoms with Gasteiger partial charge in [-0.15, -0.1) is 0 Å². The van der Waals surface area contributed by atoms with Gasteiger partial charge in [0.25, 0.3) is 0 Å². The number of anilines is 2. The van der Waals surface area contributed by atoms with Crippen LogP contribution in [0.15, 0.2) is 0 Å². The lowest BCUT2D eigenvalue weighted by Crippen LogP contribution is -2.37. The van der Waals surface area contributed by atoms with E-state index in [4.69, 9.17) is 0 Å². The number of nitrogens with zero attached hydrogens (tertiary/aromatic N) is 2. The number of aromatic nitrogens is 2. The largest absolute Gasteiger partial charge is 0.373 e. The number of amides is 1. The molecule has 0 aromatic carbocycles. The molecule has 18 heavy (non-hydrogen) atoms. The SMILES string of the molecule is CCNC(=O)C(C)Nc1nc(C)nc(NC)c1C. The van der Waals surface area contributed by atoms with Crippen LogP contribution in [-0.2, 0) is 4.79 Å². The fraction of sp³-hybridized carbons (Fsp3) is 0.583. The number of carbonyl (C=O) groups is 1. The van der Waals surface area contributed by atoms with Gasteiger partial charge >= 0.3 is 0 Å². The van der Waals surface area contributed by atoms with E-state index >= 15 is 0 Å². The third-order valence-electron chi connectivity index (χ3n) is 2.59. The van der Waals surface area contributed by atoms with E-state index in [1.54, 1.807) is 6.92 Å². The first-order valence-corrected chi connectivity index (χ1v) is 6.06. The minimum atomic E-state index is -0.331. The van der Waals surface area contributed by atoms with E-state index in [2.05, 4.69) is 25.9 Å². The standard InChI is InChI=1S/C12H21N5O/c1-6-14-12(18)8(3)15-11-7(2)10(13-5)16-9(4)17-11/h8H,6H2,1-5H3,(H,14,18)(H2,13,15,16,17). The maximum Gasteiger partial charge on any atom is 0.242 e. The Morgan fingerprint density at radius 2 is 1.89 bits per heavy atom. The lowest BCUT2D eigenvalue weighted by Gasteiger charge is -2.17. The zero-order chi connectivity index (χ0) is 13.7. The van der Waals surface area contributed by atoms with Gasteiger partial charge in [-0.3, -0.25) is 4.79 Å². The molecule has 0 aliphatic heterocycles. The molecule has 0 fully saturated rings. The van der Waals surface area contributed by atoms with Gasteiger partial charge in [-0.1, -0.05) is 0 Å². The zero-order valence-corrected chi connectivity index (χ0v) is 11.6. The van der Waals surface area contributed by atoms with Crippen LogP contribution >= 0.6 is 0 Å². The number of hydrogen-bond acceptors (Lipinski definition) is 5. The molecule has 1 unspecified atom stereocenters. The molecule has 1 amide bonds. The smallest absolute Gasteiger partial charge is 0.242 e. The Morgan fingerprint density at radius 1 is 1.28 bits per heavy atom. The van der Waals surface area contributed by atoms with Crippen LogP contribution in [0.1, 0.15) is 25.2 Å². The van der Waals surface area contributed by atoms with Crippen LogP contribution in [0.3, 0.4) is 0 Å². The Morgan fingerprint density at radius 3 is 2.44 bits per heavy atom. The summed E-state index contributed by atoms with van der Waals surface area (Å²) in [6, 6.07) is -0.331. The van der Waals surface area contributed by atoms with E-state index in [9.17, 15) is 4.79 Å². The Bertz CT molecular complexity index is 433. The van der Waals surface area contributed by atoms with Crippen LogP contribution in [0, 0.1) is 13.8 Å². The molecule has 1 aromatic heterocycles. The monoisotopic (exact) mass is 251 g/mol. The summed E-state index contributed by atoms with van der Waals surface area (Å²) in [7, 11) is 1.81. The van der Waals surface area contributed by atoms with Crippen LogP contribution < -0.4 is 16.0 Å². The maximum atomic E-state index is 11.7. The van der Waals surface area contributed by atoms with Crippen molar-refractivity contribution >= 4 is 17.5 Å². The molecule has 0 bridgehead atoms. The summed E-state index contributed by atoms with van der Waals surface area (Å²) in [6.07, 6.45) is 0. The van der Waals surface area contributed by atoms with Gasteiger partial charge in [0.05, 0.1) is 0 Å². The van der Waals surface area contributed by atoms with E-state index in [1.165, 1.54) is 0 Å². The second kappa shape index (κ2) is 6.18. The molecule has 100 valence electrons. The summed E-state index contributed by atoms with van der Waals surface area (Å²) in [5, 5.41) is 8.89. The van der Waals surface area contributed by atoms with Gasteiger partial charge in [0.15, 0.2) is 0 Å². The summed E-state index contributed by atoms with van der Waals surface area (Å²) in [4.78, 5) is 20.3. The Labute approximate surface area is 108 Å². The van der Waals surface area contributed by atoms with Crippen molar-refractivity contribution < 1.29 is 4.79 Å². The van der Waals surface area contributed by atoms with Crippen LogP contribution in [0.4, 0.5) is 11.6 Å². The van der Waals surface area contributed by atoms with Crippen molar-refractivity contribution in [3.05, 3.63) is 11.4 Å². The van der Waals surface area contributed by atoms with E-state index in [1.807, 2.05) is 27.8 Å². The molecular weight excluding hydrogens is 230 g/mol. The second-order valence-corrected chi connectivity index (χ2v) is 4.10. The van der Waals surface area contributed by atoms with Crippen molar-refractivity contribution in [3.8, 4) is 0 Å². The first-order chi connectivity index (χ1) is 8.49. The van der Waals surface area contributed by atoms with Gasteiger partial charge in [0.2, 0.25) is 5.91 Å². The Balaban J connectivity index is 2.90. The average molecular weight is 251 g/mol. The van der Waals surface area contributed by atoms with Gasteiger partial charge < -0.3 is 16.0 Å². The lowest BCUT2D eigenvalue weighted by molar-refractivity contribution is -0.121. The highest BCUT2D eigenvalue weighted by atomic mass is 16.2. The molecule has 0 saturated carbocycles. The van der Waals surface area contributed by atoms with Gasteiger partial charge in [-0.05, 0) is 27.7 Å². The van der Waals surface area contributed by atoms with Gasteiger partial charge in [-0.2, -0.15) is 0 Å². The number of likely N-dealkylation sites (N-methyl/N-ethyl adjacent to an activating group) is 1. The highest BCUT2D eigenvalue weighted by Crippen LogP contribution is 2.19. The fourth-order valence-electron chi connectivity index (χ4n) is 1.61. The van der Waals surface area contributed by atoms with E-state index < -0.39 is 0 Å². The highest BCUT2D eigenvalue weighted by molar-refractivity contribution is 5.84. The second-order valence-electron chi connectivity index (χ2n) is 4.10. The molecule has 1 aromatic rings. The van der Waals surface area contributed by atoms with Crippen molar-refractivity contribution in [1.82, 2.24) is 15.3 Å². The van der Waals surface area contributed by atoms with Crippen molar-refractivity contribution in [2.75, 3.05) is 24.2 Å². The number of nitrogens with one attached hydrogen (secondary N) is 3. The van der Waals surface area contributed by atoms with Crippen molar-refractivity contribution in [2.45, 2.75) is 33.7 Å². The lowest BCUT2D eigenvalue weighted by atomic mass is 10.2.